The number of hydrogen-bond donors (Lipinski definition) is 1. The topological polar surface area (TPSA) is 74.2 Å². The van der Waals surface area contributed by atoms with Crippen LogP contribution in [-0.2, 0) is 13.2 Å². The maximum Gasteiger partial charge on any atom is 0.213 e. The highest BCUT2D eigenvalue weighted by atomic mass is 35.5. The molecule has 1 aromatic carbocycles. The van der Waals surface area contributed by atoms with E-state index in [0.29, 0.717) is 21.6 Å². The van der Waals surface area contributed by atoms with Gasteiger partial charge in [-0.05, 0) is 12.1 Å². The number of halogens is 2. The molecule has 0 radical (unpaired) electrons. The first-order chi connectivity index (χ1) is 8.20. The predicted octanol–water partition coefficient (Wildman–Crippen LogP) is 2.41. The molecule has 0 saturated carbocycles. The number of rotatable bonds is 4. The number of nitrogens with two attached hydrogens (primary N) is 1. The fourth-order valence-corrected chi connectivity index (χ4v) is 1.91. The molecule has 0 aliphatic rings. The lowest BCUT2D eigenvalue weighted by Gasteiger charge is -2.11. The lowest BCUT2D eigenvalue weighted by molar-refractivity contribution is 0.284. The van der Waals surface area contributed by atoms with E-state index in [1.807, 2.05) is 0 Å². The van der Waals surface area contributed by atoms with Crippen LogP contribution in [0.4, 0.5) is 0 Å². The first-order valence-electron chi connectivity index (χ1n) is 4.76. The van der Waals surface area contributed by atoms with Gasteiger partial charge in [0.05, 0.1) is 5.02 Å². The molecule has 17 heavy (non-hydrogen) atoms. The van der Waals surface area contributed by atoms with Crippen LogP contribution in [0.2, 0.25) is 10.0 Å². The van der Waals surface area contributed by atoms with Crippen molar-refractivity contribution in [2.75, 3.05) is 0 Å². The zero-order valence-electron chi connectivity index (χ0n) is 8.69. The van der Waals surface area contributed by atoms with E-state index >= 15 is 0 Å². The fraction of sp³-hybridized carbons (Fsp3) is 0.200. The SMILES string of the molecule is NCc1cc(Cl)cc(Cl)c1OCc1ncon1. The molecule has 0 saturated heterocycles. The van der Waals surface area contributed by atoms with Crippen molar-refractivity contribution in [2.45, 2.75) is 13.2 Å². The first kappa shape index (κ1) is 12.2. The Morgan fingerprint density at radius 1 is 1.35 bits per heavy atom. The zero-order valence-corrected chi connectivity index (χ0v) is 10.2. The summed E-state index contributed by atoms with van der Waals surface area (Å²) in [6, 6.07) is 3.30. The predicted molar refractivity (Wildman–Crippen MR) is 63.0 cm³/mol. The van der Waals surface area contributed by atoms with Crippen molar-refractivity contribution in [3.63, 3.8) is 0 Å². The second-order valence-electron chi connectivity index (χ2n) is 3.22. The number of hydrogen-bond acceptors (Lipinski definition) is 5. The monoisotopic (exact) mass is 273 g/mol. The molecule has 0 fully saturated rings. The van der Waals surface area contributed by atoms with Crippen LogP contribution in [0.1, 0.15) is 11.4 Å². The van der Waals surface area contributed by atoms with E-state index in [1.54, 1.807) is 12.1 Å². The Labute approximate surface area is 107 Å². The smallest absolute Gasteiger partial charge is 0.213 e. The molecule has 0 spiro atoms. The quantitative estimate of drug-likeness (QED) is 0.926. The molecule has 2 rings (SSSR count). The van der Waals surface area contributed by atoms with E-state index in [2.05, 4.69) is 14.7 Å². The largest absolute Gasteiger partial charge is 0.484 e. The Hall–Kier alpha value is -1.30. The molecule has 1 heterocycles. The van der Waals surface area contributed by atoms with Gasteiger partial charge in [0.25, 0.3) is 0 Å². The minimum Gasteiger partial charge on any atom is -0.484 e. The molecule has 0 aliphatic carbocycles. The van der Waals surface area contributed by atoms with E-state index in [1.165, 1.54) is 6.39 Å². The Morgan fingerprint density at radius 2 is 2.18 bits per heavy atom. The molecule has 1 aromatic heterocycles. The van der Waals surface area contributed by atoms with Crippen molar-refractivity contribution < 1.29 is 9.26 Å². The number of ether oxygens (including phenoxy) is 1. The number of nitrogens with zero attached hydrogens (tertiary/aromatic N) is 2. The molecule has 0 unspecified atom stereocenters. The van der Waals surface area contributed by atoms with Gasteiger partial charge >= 0.3 is 0 Å². The maximum absolute atomic E-state index is 6.02. The van der Waals surface area contributed by atoms with Gasteiger partial charge in [0.2, 0.25) is 12.2 Å². The van der Waals surface area contributed by atoms with E-state index in [0.717, 1.165) is 5.56 Å². The van der Waals surface area contributed by atoms with Gasteiger partial charge in [-0.25, -0.2) is 0 Å². The summed E-state index contributed by atoms with van der Waals surface area (Å²) in [7, 11) is 0. The maximum atomic E-state index is 6.02. The second-order valence-corrected chi connectivity index (χ2v) is 4.06. The van der Waals surface area contributed by atoms with Crippen molar-refractivity contribution in [1.82, 2.24) is 10.1 Å². The highest BCUT2D eigenvalue weighted by Gasteiger charge is 2.11. The Morgan fingerprint density at radius 3 is 2.82 bits per heavy atom. The minimum absolute atomic E-state index is 0.158. The highest BCUT2D eigenvalue weighted by molar-refractivity contribution is 6.35. The van der Waals surface area contributed by atoms with Gasteiger partial charge in [0.15, 0.2) is 6.61 Å². The average Bonchev–Trinajstić information content (AvgIpc) is 2.79. The summed E-state index contributed by atoms with van der Waals surface area (Å²) >= 11 is 11.9. The Kier molecular flexibility index (Phi) is 3.83. The summed E-state index contributed by atoms with van der Waals surface area (Å²) in [5.74, 6) is 0.919. The van der Waals surface area contributed by atoms with Crippen LogP contribution in [0.25, 0.3) is 0 Å². The van der Waals surface area contributed by atoms with Crippen LogP contribution in [0.3, 0.4) is 0 Å². The van der Waals surface area contributed by atoms with E-state index in [4.69, 9.17) is 33.7 Å². The molecule has 90 valence electrons. The van der Waals surface area contributed by atoms with Crippen LogP contribution in [0, 0.1) is 0 Å². The average molecular weight is 274 g/mol. The van der Waals surface area contributed by atoms with Gasteiger partial charge in [-0.1, -0.05) is 28.4 Å². The molecule has 0 bridgehead atoms. The van der Waals surface area contributed by atoms with Gasteiger partial charge in [0.1, 0.15) is 5.75 Å². The summed E-state index contributed by atoms with van der Waals surface area (Å²) in [5.41, 5.74) is 6.32. The molecule has 7 heteroatoms. The number of aromatic nitrogens is 2. The third kappa shape index (κ3) is 2.88. The summed E-state index contributed by atoms with van der Waals surface area (Å²) < 4.78 is 10.1. The first-order valence-corrected chi connectivity index (χ1v) is 5.52. The molecule has 0 atom stereocenters. The van der Waals surface area contributed by atoms with Gasteiger partial charge in [-0.15, -0.1) is 0 Å². The second kappa shape index (κ2) is 5.35. The van der Waals surface area contributed by atoms with Gasteiger partial charge in [0, 0.05) is 17.1 Å². The third-order valence-corrected chi connectivity index (χ3v) is 2.56. The van der Waals surface area contributed by atoms with Gasteiger partial charge in [-0.3, -0.25) is 0 Å². The van der Waals surface area contributed by atoms with Crippen LogP contribution in [0.15, 0.2) is 23.0 Å². The minimum atomic E-state index is 0.158. The molecule has 2 N–H and O–H groups in total. The van der Waals surface area contributed by atoms with Gasteiger partial charge in [-0.2, -0.15) is 4.98 Å². The summed E-state index contributed by atoms with van der Waals surface area (Å²) in [6.45, 7) is 0.437. The molecule has 2 aromatic rings. The highest BCUT2D eigenvalue weighted by Crippen LogP contribution is 2.32. The summed E-state index contributed by atoms with van der Waals surface area (Å²) in [5, 5.41) is 4.54. The van der Waals surface area contributed by atoms with Crippen molar-refractivity contribution in [3.8, 4) is 5.75 Å². The van der Waals surface area contributed by atoms with Crippen LogP contribution >= 0.6 is 23.2 Å². The molecule has 5 nitrogen and oxygen atoms in total. The summed E-state index contributed by atoms with van der Waals surface area (Å²) in [6.07, 6.45) is 1.23. The van der Waals surface area contributed by atoms with E-state index < -0.39 is 0 Å². The molecule has 0 aliphatic heterocycles. The molecule has 0 amide bonds. The van der Waals surface area contributed by atoms with Crippen molar-refractivity contribution in [3.05, 3.63) is 40.0 Å². The Bertz CT molecular complexity index is 503. The Balaban J connectivity index is 2.19. The molecular formula is C10H9Cl2N3O2. The molecular weight excluding hydrogens is 265 g/mol. The van der Waals surface area contributed by atoms with Crippen LogP contribution in [-0.4, -0.2) is 10.1 Å². The van der Waals surface area contributed by atoms with Crippen LogP contribution in [0.5, 0.6) is 5.75 Å². The standard InChI is InChI=1S/C10H9Cl2N3O2/c11-7-1-6(3-13)10(8(12)2-7)16-4-9-14-5-17-15-9/h1-2,5H,3-4,13H2. The van der Waals surface area contributed by atoms with E-state index in [-0.39, 0.29) is 13.2 Å². The number of benzene rings is 1. The van der Waals surface area contributed by atoms with E-state index in [9.17, 15) is 0 Å². The zero-order chi connectivity index (χ0) is 12.3. The van der Waals surface area contributed by atoms with Crippen LogP contribution < -0.4 is 10.5 Å². The van der Waals surface area contributed by atoms with Crippen molar-refractivity contribution in [1.29, 1.82) is 0 Å². The summed E-state index contributed by atoms with van der Waals surface area (Å²) in [4.78, 5) is 3.83. The van der Waals surface area contributed by atoms with Crippen molar-refractivity contribution >= 4 is 23.2 Å². The fourth-order valence-electron chi connectivity index (χ4n) is 1.32. The lowest BCUT2D eigenvalue weighted by Crippen LogP contribution is -2.04. The normalized spacial score (nSPS) is 10.5. The van der Waals surface area contributed by atoms with Gasteiger partial charge < -0.3 is 15.0 Å². The van der Waals surface area contributed by atoms with Crippen molar-refractivity contribution in [2.24, 2.45) is 5.73 Å². The lowest BCUT2D eigenvalue weighted by atomic mass is 10.2. The third-order valence-electron chi connectivity index (χ3n) is 2.06.